The molecule has 1 rings (SSSR count). The predicted molar refractivity (Wildman–Crippen MR) is 79.0 cm³/mol. The van der Waals surface area contributed by atoms with E-state index in [1.807, 2.05) is 37.3 Å². The van der Waals surface area contributed by atoms with E-state index in [0.29, 0.717) is 6.54 Å². The zero-order valence-electron chi connectivity index (χ0n) is 12.3. The molecule has 0 aliphatic rings. The molecule has 0 saturated heterocycles. The lowest BCUT2D eigenvalue weighted by Gasteiger charge is -2.29. The van der Waals surface area contributed by atoms with Crippen LogP contribution >= 0.6 is 0 Å². The summed E-state index contributed by atoms with van der Waals surface area (Å²) < 4.78 is 0. The highest BCUT2D eigenvalue weighted by Gasteiger charge is 2.24. The summed E-state index contributed by atoms with van der Waals surface area (Å²) in [6.45, 7) is 7.77. The van der Waals surface area contributed by atoms with Crippen molar-refractivity contribution in [1.29, 1.82) is 0 Å². The van der Waals surface area contributed by atoms with Crippen LogP contribution in [0.1, 0.15) is 39.2 Å². The van der Waals surface area contributed by atoms with E-state index < -0.39 is 5.60 Å². The molecule has 1 unspecified atom stereocenters. The maximum atomic E-state index is 10.5. The smallest absolute Gasteiger partial charge is 0.0992 e. The van der Waals surface area contributed by atoms with Gasteiger partial charge in [0.05, 0.1) is 5.60 Å². The van der Waals surface area contributed by atoms with Crippen LogP contribution < -0.4 is 5.32 Å². The highest BCUT2D eigenvalue weighted by Crippen LogP contribution is 2.22. The fourth-order valence-electron chi connectivity index (χ4n) is 2.19. The maximum Gasteiger partial charge on any atom is 0.0992 e. The van der Waals surface area contributed by atoms with Crippen molar-refractivity contribution in [2.75, 3.05) is 19.7 Å². The van der Waals surface area contributed by atoms with Gasteiger partial charge in [-0.1, -0.05) is 44.2 Å². The van der Waals surface area contributed by atoms with Crippen molar-refractivity contribution in [3.63, 3.8) is 0 Å². The third-order valence-electron chi connectivity index (χ3n) is 3.48. The van der Waals surface area contributed by atoms with Crippen LogP contribution in [0.5, 0.6) is 0 Å². The molecule has 0 heterocycles. The standard InChI is InChI=1S/C16H27NO2/c1-15(2,10-7-11-18)12-17-13-16(3,19)14-8-5-4-6-9-14/h4-6,8-9,17-19H,7,10-13H2,1-3H3. The Morgan fingerprint density at radius 2 is 1.68 bits per heavy atom. The molecular formula is C16H27NO2. The molecule has 0 aliphatic heterocycles. The number of hydrogen-bond acceptors (Lipinski definition) is 3. The van der Waals surface area contributed by atoms with Gasteiger partial charge in [-0.05, 0) is 30.7 Å². The summed E-state index contributed by atoms with van der Waals surface area (Å²) >= 11 is 0. The molecule has 0 fully saturated rings. The second kappa shape index (κ2) is 7.04. The maximum absolute atomic E-state index is 10.5. The normalized spacial score (nSPS) is 15.2. The van der Waals surface area contributed by atoms with Crippen LogP contribution in [0, 0.1) is 5.41 Å². The third-order valence-corrected chi connectivity index (χ3v) is 3.48. The Morgan fingerprint density at radius 1 is 1.05 bits per heavy atom. The lowest BCUT2D eigenvalue weighted by atomic mass is 9.87. The van der Waals surface area contributed by atoms with Crippen LogP contribution in [-0.2, 0) is 5.60 Å². The minimum absolute atomic E-state index is 0.134. The molecule has 19 heavy (non-hydrogen) atoms. The van der Waals surface area contributed by atoms with Crippen molar-refractivity contribution in [1.82, 2.24) is 5.32 Å². The molecule has 3 N–H and O–H groups in total. The molecule has 3 nitrogen and oxygen atoms in total. The van der Waals surface area contributed by atoms with Crippen molar-refractivity contribution in [2.45, 2.75) is 39.2 Å². The molecular weight excluding hydrogens is 238 g/mol. The second-order valence-corrected chi connectivity index (χ2v) is 6.23. The number of benzene rings is 1. The average Bonchev–Trinajstić information content (AvgIpc) is 2.37. The quantitative estimate of drug-likeness (QED) is 0.676. The Morgan fingerprint density at radius 3 is 2.26 bits per heavy atom. The first kappa shape index (κ1) is 16.2. The Kier molecular flexibility index (Phi) is 5.98. The van der Waals surface area contributed by atoms with Gasteiger partial charge in [-0.3, -0.25) is 0 Å². The Labute approximate surface area is 116 Å². The number of rotatable bonds is 8. The number of hydrogen-bond donors (Lipinski definition) is 3. The van der Waals surface area contributed by atoms with Crippen LogP contribution in [0.2, 0.25) is 0 Å². The largest absolute Gasteiger partial charge is 0.396 e. The topological polar surface area (TPSA) is 52.5 Å². The summed E-state index contributed by atoms with van der Waals surface area (Å²) in [5, 5.41) is 22.7. The van der Waals surface area contributed by atoms with Gasteiger partial charge in [-0.2, -0.15) is 0 Å². The van der Waals surface area contributed by atoms with E-state index in [0.717, 1.165) is 24.9 Å². The molecule has 1 aromatic rings. The van der Waals surface area contributed by atoms with Crippen molar-refractivity contribution in [2.24, 2.45) is 5.41 Å². The number of aliphatic hydroxyl groups is 2. The van der Waals surface area contributed by atoms with Crippen LogP contribution in [0.25, 0.3) is 0 Å². The Hall–Kier alpha value is -0.900. The zero-order valence-corrected chi connectivity index (χ0v) is 12.3. The molecule has 3 heteroatoms. The van der Waals surface area contributed by atoms with Crippen molar-refractivity contribution in [3.05, 3.63) is 35.9 Å². The van der Waals surface area contributed by atoms with Gasteiger partial charge >= 0.3 is 0 Å². The summed E-state index contributed by atoms with van der Waals surface area (Å²) in [6.07, 6.45) is 1.80. The fraction of sp³-hybridized carbons (Fsp3) is 0.625. The van der Waals surface area contributed by atoms with Crippen LogP contribution in [-0.4, -0.2) is 29.9 Å². The fourth-order valence-corrected chi connectivity index (χ4v) is 2.19. The molecule has 1 atom stereocenters. The summed E-state index contributed by atoms with van der Waals surface area (Å²) in [5.41, 5.74) is 0.208. The Bertz CT molecular complexity index is 360. The minimum atomic E-state index is -0.853. The first-order chi connectivity index (χ1) is 8.87. The van der Waals surface area contributed by atoms with Gasteiger partial charge in [0.1, 0.15) is 0 Å². The molecule has 0 aliphatic carbocycles. The summed E-state index contributed by atoms with van der Waals surface area (Å²) in [6, 6.07) is 9.71. The lowest BCUT2D eigenvalue weighted by molar-refractivity contribution is 0.0539. The van der Waals surface area contributed by atoms with Gasteiger partial charge in [-0.15, -0.1) is 0 Å². The van der Waals surface area contributed by atoms with Gasteiger partial charge < -0.3 is 15.5 Å². The highest BCUT2D eigenvalue weighted by atomic mass is 16.3. The first-order valence-corrected chi connectivity index (χ1v) is 6.97. The van der Waals surface area contributed by atoms with Gasteiger partial charge in [0.25, 0.3) is 0 Å². The van der Waals surface area contributed by atoms with Crippen LogP contribution in [0.4, 0.5) is 0 Å². The second-order valence-electron chi connectivity index (χ2n) is 6.23. The van der Waals surface area contributed by atoms with Gasteiger partial charge in [0, 0.05) is 19.7 Å². The predicted octanol–water partition coefficient (Wildman–Crippen LogP) is 2.28. The summed E-state index contributed by atoms with van der Waals surface area (Å²) in [5.74, 6) is 0. The SMILES string of the molecule is CC(C)(CCCO)CNCC(C)(O)c1ccccc1. The van der Waals surface area contributed by atoms with E-state index in [9.17, 15) is 5.11 Å². The monoisotopic (exact) mass is 265 g/mol. The molecule has 0 bridgehead atoms. The van der Waals surface area contributed by atoms with Crippen LogP contribution in [0.3, 0.4) is 0 Å². The van der Waals surface area contributed by atoms with Gasteiger partial charge in [0.15, 0.2) is 0 Å². The van der Waals surface area contributed by atoms with Gasteiger partial charge in [-0.25, -0.2) is 0 Å². The average molecular weight is 265 g/mol. The van der Waals surface area contributed by atoms with Crippen molar-refractivity contribution in [3.8, 4) is 0 Å². The van der Waals surface area contributed by atoms with E-state index in [1.165, 1.54) is 0 Å². The third kappa shape index (κ3) is 5.72. The molecule has 0 amide bonds. The van der Waals surface area contributed by atoms with E-state index in [-0.39, 0.29) is 12.0 Å². The summed E-state index contributed by atoms with van der Waals surface area (Å²) in [7, 11) is 0. The molecule has 0 radical (unpaired) electrons. The Balaban J connectivity index is 2.44. The lowest BCUT2D eigenvalue weighted by Crippen LogP contribution is -2.39. The van der Waals surface area contributed by atoms with E-state index in [1.54, 1.807) is 0 Å². The van der Waals surface area contributed by atoms with E-state index in [4.69, 9.17) is 5.11 Å². The molecule has 0 aromatic heterocycles. The molecule has 0 spiro atoms. The van der Waals surface area contributed by atoms with Crippen LogP contribution in [0.15, 0.2) is 30.3 Å². The summed E-state index contributed by atoms with van der Waals surface area (Å²) in [4.78, 5) is 0. The minimum Gasteiger partial charge on any atom is -0.396 e. The molecule has 108 valence electrons. The highest BCUT2D eigenvalue weighted by molar-refractivity contribution is 5.21. The number of nitrogens with one attached hydrogen (secondary N) is 1. The van der Waals surface area contributed by atoms with Crippen molar-refractivity contribution < 1.29 is 10.2 Å². The van der Waals surface area contributed by atoms with E-state index in [2.05, 4.69) is 19.2 Å². The van der Waals surface area contributed by atoms with Crippen molar-refractivity contribution >= 4 is 0 Å². The first-order valence-electron chi connectivity index (χ1n) is 6.97. The zero-order chi connectivity index (χ0) is 14.4. The number of aliphatic hydroxyl groups excluding tert-OH is 1. The van der Waals surface area contributed by atoms with E-state index >= 15 is 0 Å². The van der Waals surface area contributed by atoms with Gasteiger partial charge in [0.2, 0.25) is 0 Å². The molecule has 1 aromatic carbocycles. The molecule has 0 saturated carbocycles.